The van der Waals surface area contributed by atoms with Gasteiger partial charge in [-0.1, -0.05) is 12.1 Å². The van der Waals surface area contributed by atoms with Gasteiger partial charge in [0.2, 0.25) is 0 Å². The molecule has 0 N–H and O–H groups in total. The first-order valence-corrected chi connectivity index (χ1v) is 6.66. The van der Waals surface area contributed by atoms with Crippen molar-refractivity contribution in [3.05, 3.63) is 29.8 Å². The molecule has 1 aromatic rings. The molecule has 0 bridgehead atoms. The van der Waals surface area contributed by atoms with Crippen molar-refractivity contribution in [3.8, 4) is 0 Å². The number of ether oxygens (including phenoxy) is 1. The Hall–Kier alpha value is -1.06. The van der Waals surface area contributed by atoms with Gasteiger partial charge in [-0.2, -0.15) is 0 Å². The second kappa shape index (κ2) is 6.21. The van der Waals surface area contributed by atoms with Crippen LogP contribution in [0.5, 0.6) is 0 Å². The summed E-state index contributed by atoms with van der Waals surface area (Å²) in [6.07, 6.45) is 0.597. The fourth-order valence-electron chi connectivity index (χ4n) is 2.02. The third-order valence-electron chi connectivity index (χ3n) is 3.17. The van der Waals surface area contributed by atoms with Crippen LogP contribution in [0.25, 0.3) is 0 Å². The van der Waals surface area contributed by atoms with E-state index in [1.807, 2.05) is 12.1 Å². The quantitative estimate of drug-likeness (QED) is 0.784. The van der Waals surface area contributed by atoms with Crippen molar-refractivity contribution in [2.24, 2.45) is 0 Å². The number of anilines is 1. The zero-order valence-electron chi connectivity index (χ0n) is 10.6. The highest BCUT2D eigenvalue weighted by atomic mass is 35.5. The van der Waals surface area contributed by atoms with Gasteiger partial charge < -0.3 is 9.64 Å². The highest BCUT2D eigenvalue weighted by molar-refractivity contribution is 6.30. The van der Waals surface area contributed by atoms with Crippen LogP contribution < -0.4 is 4.90 Å². The smallest absolute Gasteiger partial charge is 0.147 e. The monoisotopic (exact) mass is 267 g/mol. The molecule has 4 heteroatoms. The molecule has 1 heterocycles. The average Bonchev–Trinajstić information content (AvgIpc) is 2.40. The number of hydrogen-bond donors (Lipinski definition) is 0. The second-order valence-electron chi connectivity index (χ2n) is 4.55. The molecule has 1 aromatic carbocycles. The number of carbonyl (C=O) groups is 1. The molecule has 1 atom stereocenters. The van der Waals surface area contributed by atoms with Crippen molar-refractivity contribution in [3.63, 3.8) is 0 Å². The molecule has 1 saturated heterocycles. The van der Waals surface area contributed by atoms with Crippen LogP contribution in [0.2, 0.25) is 0 Å². The fourth-order valence-corrected chi connectivity index (χ4v) is 2.19. The van der Waals surface area contributed by atoms with Crippen molar-refractivity contribution in [1.82, 2.24) is 0 Å². The van der Waals surface area contributed by atoms with Crippen LogP contribution >= 0.6 is 11.6 Å². The van der Waals surface area contributed by atoms with E-state index in [0.29, 0.717) is 6.42 Å². The van der Waals surface area contributed by atoms with Crippen molar-refractivity contribution < 1.29 is 9.53 Å². The number of hydrogen-bond acceptors (Lipinski definition) is 3. The number of morpholine rings is 1. The molecule has 0 aliphatic carbocycles. The number of carbonyl (C=O) groups excluding carboxylic acids is 1. The number of Topliss-reactive ketones (excluding diaryl/α,β-unsaturated/α-hetero) is 1. The first-order valence-electron chi connectivity index (χ1n) is 6.23. The van der Waals surface area contributed by atoms with E-state index in [1.165, 1.54) is 12.6 Å². The summed E-state index contributed by atoms with van der Waals surface area (Å²) in [6.45, 7) is 4.97. The van der Waals surface area contributed by atoms with E-state index in [0.717, 1.165) is 31.9 Å². The van der Waals surface area contributed by atoms with Gasteiger partial charge in [-0.25, -0.2) is 0 Å². The SMILES string of the molecule is CC(=O)C(Cl)Cc1ccc(N2CCOCC2)cc1. The molecule has 0 saturated carbocycles. The molecule has 1 fully saturated rings. The van der Waals surface area contributed by atoms with Gasteiger partial charge in [0.15, 0.2) is 0 Å². The summed E-state index contributed by atoms with van der Waals surface area (Å²) in [6, 6.07) is 8.26. The van der Waals surface area contributed by atoms with Crippen LogP contribution in [0.3, 0.4) is 0 Å². The van der Waals surface area contributed by atoms with Gasteiger partial charge in [0, 0.05) is 18.8 Å². The standard InChI is InChI=1S/C14H18ClNO2/c1-11(17)14(15)10-12-2-4-13(5-3-12)16-6-8-18-9-7-16/h2-5,14H,6-10H2,1H3. The highest BCUT2D eigenvalue weighted by Crippen LogP contribution is 2.18. The molecule has 1 aliphatic heterocycles. The van der Waals surface area contributed by atoms with Crippen LogP contribution in [0.15, 0.2) is 24.3 Å². The summed E-state index contributed by atoms with van der Waals surface area (Å²) in [5.41, 5.74) is 2.30. The van der Waals surface area contributed by atoms with Crippen molar-refractivity contribution in [2.75, 3.05) is 31.2 Å². The van der Waals surface area contributed by atoms with E-state index in [9.17, 15) is 4.79 Å². The maximum atomic E-state index is 11.1. The lowest BCUT2D eigenvalue weighted by Crippen LogP contribution is -2.36. The minimum Gasteiger partial charge on any atom is -0.378 e. The lowest BCUT2D eigenvalue weighted by molar-refractivity contribution is -0.116. The molecule has 0 amide bonds. The maximum Gasteiger partial charge on any atom is 0.147 e. The zero-order chi connectivity index (χ0) is 13.0. The van der Waals surface area contributed by atoms with E-state index in [4.69, 9.17) is 16.3 Å². The van der Waals surface area contributed by atoms with Gasteiger partial charge in [0.1, 0.15) is 5.78 Å². The third-order valence-corrected chi connectivity index (χ3v) is 3.63. The van der Waals surface area contributed by atoms with E-state index in [1.54, 1.807) is 0 Å². The Bertz CT molecular complexity index is 399. The molecule has 18 heavy (non-hydrogen) atoms. The lowest BCUT2D eigenvalue weighted by Gasteiger charge is -2.29. The third kappa shape index (κ3) is 3.47. The van der Waals surface area contributed by atoms with Crippen molar-refractivity contribution in [2.45, 2.75) is 18.7 Å². The molecular formula is C14H18ClNO2. The van der Waals surface area contributed by atoms with Gasteiger partial charge in [-0.15, -0.1) is 11.6 Å². The first kappa shape index (κ1) is 13.4. The maximum absolute atomic E-state index is 11.1. The van der Waals surface area contributed by atoms with Gasteiger partial charge in [-0.05, 0) is 31.0 Å². The molecule has 0 radical (unpaired) electrons. The predicted molar refractivity (Wildman–Crippen MR) is 73.5 cm³/mol. The first-order chi connectivity index (χ1) is 8.66. The summed E-state index contributed by atoms with van der Waals surface area (Å²) < 4.78 is 5.33. The van der Waals surface area contributed by atoms with Crippen LogP contribution in [-0.2, 0) is 16.0 Å². The van der Waals surface area contributed by atoms with Crippen LogP contribution in [0.1, 0.15) is 12.5 Å². The number of ketones is 1. The Morgan fingerprint density at radius 2 is 1.94 bits per heavy atom. The molecule has 1 aliphatic rings. The number of halogens is 1. The summed E-state index contributed by atoms with van der Waals surface area (Å²) >= 11 is 5.96. The zero-order valence-corrected chi connectivity index (χ0v) is 11.3. The summed E-state index contributed by atoms with van der Waals surface area (Å²) in [4.78, 5) is 13.4. The highest BCUT2D eigenvalue weighted by Gasteiger charge is 2.13. The number of benzene rings is 1. The Kier molecular flexibility index (Phi) is 4.61. The molecule has 0 spiro atoms. The summed E-state index contributed by atoms with van der Waals surface area (Å²) in [5.74, 6) is 0.0222. The van der Waals surface area contributed by atoms with E-state index in [-0.39, 0.29) is 5.78 Å². The van der Waals surface area contributed by atoms with Gasteiger partial charge >= 0.3 is 0 Å². The number of alkyl halides is 1. The number of nitrogens with zero attached hydrogens (tertiary/aromatic N) is 1. The molecule has 2 rings (SSSR count). The average molecular weight is 268 g/mol. The lowest BCUT2D eigenvalue weighted by atomic mass is 10.1. The largest absolute Gasteiger partial charge is 0.378 e. The molecule has 98 valence electrons. The van der Waals surface area contributed by atoms with Gasteiger partial charge in [0.05, 0.1) is 18.6 Å². The van der Waals surface area contributed by atoms with Crippen LogP contribution in [-0.4, -0.2) is 37.5 Å². The molecule has 3 nitrogen and oxygen atoms in total. The molecule has 0 aromatic heterocycles. The Balaban J connectivity index is 1.98. The Morgan fingerprint density at radius 3 is 2.50 bits per heavy atom. The van der Waals surface area contributed by atoms with Crippen LogP contribution in [0, 0.1) is 0 Å². The minimum atomic E-state index is -0.417. The van der Waals surface area contributed by atoms with E-state index in [2.05, 4.69) is 17.0 Å². The number of rotatable bonds is 4. The predicted octanol–water partition coefficient (Wildman–Crippen LogP) is 2.26. The van der Waals surface area contributed by atoms with Crippen molar-refractivity contribution >= 4 is 23.1 Å². The summed E-state index contributed by atoms with van der Waals surface area (Å²) in [5, 5.41) is -0.417. The van der Waals surface area contributed by atoms with E-state index >= 15 is 0 Å². The Morgan fingerprint density at radius 1 is 1.33 bits per heavy atom. The Labute approximate surface area is 113 Å². The normalized spacial score (nSPS) is 17.6. The fraction of sp³-hybridized carbons (Fsp3) is 0.500. The molecule has 1 unspecified atom stereocenters. The van der Waals surface area contributed by atoms with Gasteiger partial charge in [0.25, 0.3) is 0 Å². The van der Waals surface area contributed by atoms with E-state index < -0.39 is 5.38 Å². The summed E-state index contributed by atoms with van der Waals surface area (Å²) in [7, 11) is 0. The topological polar surface area (TPSA) is 29.5 Å². The second-order valence-corrected chi connectivity index (χ2v) is 5.08. The van der Waals surface area contributed by atoms with Crippen molar-refractivity contribution in [1.29, 1.82) is 0 Å². The van der Waals surface area contributed by atoms with Crippen LogP contribution in [0.4, 0.5) is 5.69 Å². The van der Waals surface area contributed by atoms with Gasteiger partial charge in [-0.3, -0.25) is 4.79 Å². The minimum absolute atomic E-state index is 0.0222. The molecular weight excluding hydrogens is 250 g/mol.